The molecule has 0 aliphatic rings. The minimum atomic E-state index is -0.438. The Labute approximate surface area is 283 Å². The Balaban J connectivity index is 1.39. The molecule has 1 aromatic heterocycles. The predicted molar refractivity (Wildman–Crippen MR) is 200 cm³/mol. The molecule has 0 bridgehead atoms. The van der Waals surface area contributed by atoms with E-state index in [0.717, 1.165) is 38.1 Å². The molecule has 0 saturated carbocycles. The number of furan rings is 1. The SMILES string of the molecule is [2H]c1c([2H])c([2H])c2c(-c3cccc4oc5cc6ccccc6cc5c34)c3c([2H])c([2H])c([2H])c([2H])c3c(-c3ccc4cc(-c5ccccc5)ccc4c3)c2c1[2H]. The molecule has 0 aliphatic carbocycles. The monoisotopic (exact) mass is 604 g/mol. The van der Waals surface area contributed by atoms with E-state index in [-0.39, 0.29) is 45.7 Å². The van der Waals surface area contributed by atoms with Gasteiger partial charge in [-0.15, -0.1) is 0 Å². The lowest BCUT2D eigenvalue weighted by Gasteiger charge is -2.18. The zero-order valence-electron chi connectivity index (χ0n) is 33.0. The van der Waals surface area contributed by atoms with Gasteiger partial charge in [-0.1, -0.05) is 139 Å². The fourth-order valence-corrected chi connectivity index (χ4v) is 7.11. The fraction of sp³-hybridized carbons (Fsp3) is 0. The largest absolute Gasteiger partial charge is 0.456 e. The molecule has 0 atom stereocenters. The number of benzene rings is 9. The van der Waals surface area contributed by atoms with Crippen LogP contribution >= 0.6 is 0 Å². The van der Waals surface area contributed by atoms with Gasteiger partial charge in [-0.05, 0) is 107 Å². The van der Waals surface area contributed by atoms with E-state index in [1.807, 2.05) is 109 Å². The second kappa shape index (κ2) is 10.2. The normalized spacial score (nSPS) is 14.2. The molecule has 0 N–H and O–H groups in total. The van der Waals surface area contributed by atoms with Crippen molar-refractivity contribution in [1.29, 1.82) is 0 Å². The Morgan fingerprint density at radius 1 is 0.383 bits per heavy atom. The molecule has 10 rings (SSSR count). The van der Waals surface area contributed by atoms with Crippen LogP contribution in [0.4, 0.5) is 0 Å². The van der Waals surface area contributed by atoms with Crippen molar-refractivity contribution in [1.82, 2.24) is 0 Å². The van der Waals surface area contributed by atoms with Gasteiger partial charge in [0.15, 0.2) is 0 Å². The Morgan fingerprint density at radius 3 is 1.66 bits per heavy atom. The summed E-state index contributed by atoms with van der Waals surface area (Å²) in [5, 5.41) is 5.93. The second-order valence-electron chi connectivity index (χ2n) is 11.9. The first-order valence-corrected chi connectivity index (χ1v) is 15.5. The van der Waals surface area contributed by atoms with E-state index in [0.29, 0.717) is 38.8 Å². The molecule has 1 heteroatoms. The fourth-order valence-electron chi connectivity index (χ4n) is 7.11. The third-order valence-corrected chi connectivity index (χ3v) is 9.24. The van der Waals surface area contributed by atoms with Gasteiger partial charge in [-0.25, -0.2) is 0 Å². The lowest BCUT2D eigenvalue weighted by atomic mass is 9.84. The maximum Gasteiger partial charge on any atom is 0.136 e. The zero-order valence-corrected chi connectivity index (χ0v) is 25.0. The smallest absolute Gasteiger partial charge is 0.136 e. The molecule has 0 radical (unpaired) electrons. The highest BCUT2D eigenvalue weighted by molar-refractivity contribution is 6.26. The van der Waals surface area contributed by atoms with Crippen LogP contribution in [-0.4, -0.2) is 0 Å². The molecule has 0 aliphatic heterocycles. The van der Waals surface area contributed by atoms with E-state index in [1.165, 1.54) is 0 Å². The van der Waals surface area contributed by atoms with Crippen LogP contribution in [0.1, 0.15) is 11.0 Å². The van der Waals surface area contributed by atoms with Crippen molar-refractivity contribution in [2.45, 2.75) is 0 Å². The van der Waals surface area contributed by atoms with E-state index in [2.05, 4.69) is 6.07 Å². The summed E-state index contributed by atoms with van der Waals surface area (Å²) in [6, 6.07) is 36.4. The summed E-state index contributed by atoms with van der Waals surface area (Å²) in [6.45, 7) is 0. The average Bonchev–Trinajstić information content (AvgIpc) is 3.59. The number of hydrogen-bond donors (Lipinski definition) is 0. The minimum Gasteiger partial charge on any atom is -0.456 e. The second-order valence-corrected chi connectivity index (χ2v) is 11.9. The van der Waals surface area contributed by atoms with Gasteiger partial charge in [0.2, 0.25) is 0 Å². The minimum absolute atomic E-state index is 0.167. The van der Waals surface area contributed by atoms with Crippen molar-refractivity contribution in [3.63, 3.8) is 0 Å². The third-order valence-electron chi connectivity index (χ3n) is 9.24. The van der Waals surface area contributed by atoms with Crippen LogP contribution in [-0.2, 0) is 0 Å². The van der Waals surface area contributed by atoms with Crippen molar-refractivity contribution in [2.24, 2.45) is 0 Å². The lowest BCUT2D eigenvalue weighted by Crippen LogP contribution is -1.91. The van der Waals surface area contributed by atoms with Crippen LogP contribution in [0.5, 0.6) is 0 Å². The molecule has 1 heterocycles. The highest BCUT2D eigenvalue weighted by Crippen LogP contribution is 2.47. The molecule has 0 spiro atoms. The number of fused-ring (bicyclic) bond motifs is 7. The molecule has 0 saturated heterocycles. The average molecular weight is 605 g/mol. The summed E-state index contributed by atoms with van der Waals surface area (Å²) in [5.41, 5.74) is 4.99. The highest BCUT2D eigenvalue weighted by Gasteiger charge is 2.20. The van der Waals surface area contributed by atoms with Gasteiger partial charge in [-0.3, -0.25) is 0 Å². The molecular weight excluding hydrogens is 569 g/mol. The molecule has 1 nitrogen and oxygen atoms in total. The van der Waals surface area contributed by atoms with E-state index >= 15 is 0 Å². The topological polar surface area (TPSA) is 13.1 Å². The predicted octanol–water partition coefficient (Wildman–Crippen LogP) is 13.2. The zero-order chi connectivity index (χ0) is 37.9. The van der Waals surface area contributed by atoms with Crippen LogP contribution in [0.15, 0.2) is 174 Å². The van der Waals surface area contributed by atoms with Gasteiger partial charge < -0.3 is 4.42 Å². The maximum atomic E-state index is 9.44. The number of rotatable bonds is 3. The lowest BCUT2D eigenvalue weighted by molar-refractivity contribution is 0.669. The van der Waals surface area contributed by atoms with Gasteiger partial charge in [0.05, 0.1) is 11.0 Å². The summed E-state index contributed by atoms with van der Waals surface area (Å²) < 4.78 is 79.6. The van der Waals surface area contributed by atoms with Gasteiger partial charge in [0, 0.05) is 10.8 Å². The van der Waals surface area contributed by atoms with E-state index in [4.69, 9.17) is 9.90 Å². The van der Waals surface area contributed by atoms with Crippen molar-refractivity contribution in [3.8, 4) is 33.4 Å². The molecule has 9 aromatic carbocycles. The molecule has 0 fully saturated rings. The van der Waals surface area contributed by atoms with Crippen LogP contribution in [0.3, 0.4) is 0 Å². The summed E-state index contributed by atoms with van der Waals surface area (Å²) in [7, 11) is 0. The third kappa shape index (κ3) is 4.03. The first-order chi connectivity index (χ1) is 26.6. The first kappa shape index (κ1) is 19.4. The van der Waals surface area contributed by atoms with Gasteiger partial charge in [-0.2, -0.15) is 0 Å². The van der Waals surface area contributed by atoms with Crippen molar-refractivity contribution in [3.05, 3.63) is 170 Å². The van der Waals surface area contributed by atoms with E-state index in [9.17, 15) is 5.48 Å². The summed E-state index contributed by atoms with van der Waals surface area (Å²) in [4.78, 5) is 0. The Morgan fingerprint density at radius 2 is 0.957 bits per heavy atom. The summed E-state index contributed by atoms with van der Waals surface area (Å²) in [6.07, 6.45) is 0. The van der Waals surface area contributed by atoms with Crippen molar-refractivity contribution in [2.75, 3.05) is 0 Å². The molecule has 10 aromatic rings. The molecular formula is C46H28O. The van der Waals surface area contributed by atoms with Gasteiger partial charge >= 0.3 is 0 Å². The van der Waals surface area contributed by atoms with Gasteiger partial charge in [0.25, 0.3) is 0 Å². The standard InChI is InChI=1S/C46H28O/c1-2-11-29(12-3-1)32-21-22-34-26-35(24-23-33(34)25-32)44-36-15-6-8-17-38(36)45(39-18-9-7-16-37(39)44)40-19-10-20-42-46(40)41-27-30-13-4-5-14-31(30)28-43(41)47-42/h1-28H/i6D,7D,8D,9D,15D,16D,17D,18D. The molecule has 0 unspecified atom stereocenters. The van der Waals surface area contributed by atoms with E-state index in [1.54, 1.807) is 6.07 Å². The molecule has 0 amide bonds. The van der Waals surface area contributed by atoms with Crippen LogP contribution in [0, 0.1) is 0 Å². The first-order valence-electron chi connectivity index (χ1n) is 19.5. The Kier molecular flexibility index (Phi) is 4.19. The van der Waals surface area contributed by atoms with Crippen LogP contribution < -0.4 is 0 Å². The molecule has 218 valence electrons. The quantitative estimate of drug-likeness (QED) is 0.183. The number of hydrogen-bond acceptors (Lipinski definition) is 1. The van der Waals surface area contributed by atoms with Crippen molar-refractivity contribution >= 4 is 65.0 Å². The molecule has 47 heavy (non-hydrogen) atoms. The van der Waals surface area contributed by atoms with Crippen LogP contribution in [0.2, 0.25) is 0 Å². The highest BCUT2D eigenvalue weighted by atomic mass is 16.3. The van der Waals surface area contributed by atoms with E-state index < -0.39 is 24.2 Å². The maximum absolute atomic E-state index is 9.44. The Hall–Kier alpha value is -6.18. The van der Waals surface area contributed by atoms with Crippen LogP contribution in [0.25, 0.3) is 98.4 Å². The summed E-state index contributed by atoms with van der Waals surface area (Å²) in [5.74, 6) is 0. The Bertz CT molecular complexity index is 3220. The van der Waals surface area contributed by atoms with Gasteiger partial charge in [0.1, 0.15) is 11.2 Å². The summed E-state index contributed by atoms with van der Waals surface area (Å²) >= 11 is 0. The van der Waals surface area contributed by atoms with Crippen molar-refractivity contribution < 1.29 is 15.4 Å².